The number of ether oxygens (including phenoxy) is 1. The van der Waals surface area contributed by atoms with Gasteiger partial charge in [0.2, 0.25) is 0 Å². The molecule has 1 N–H and O–H groups in total. The molecule has 0 aliphatic heterocycles. The second-order valence-electron chi connectivity index (χ2n) is 6.00. The summed E-state index contributed by atoms with van der Waals surface area (Å²) in [5, 5.41) is 3.99. The lowest BCUT2D eigenvalue weighted by molar-refractivity contribution is 0.0734. The minimum atomic E-state index is -0.471. The number of carbonyl (C=O) groups is 2. The third-order valence-electron chi connectivity index (χ3n) is 3.87. The number of benzene rings is 3. The smallest absolute Gasteiger partial charge is 0.343 e. The van der Waals surface area contributed by atoms with E-state index in [0.717, 1.165) is 10.0 Å². The van der Waals surface area contributed by atoms with Crippen LogP contribution in [0.15, 0.2) is 82.4 Å². The average molecular weight is 437 g/mol. The fraction of sp³-hybridized carbons (Fsp3) is 0.0455. The van der Waals surface area contributed by atoms with Gasteiger partial charge < -0.3 is 4.74 Å². The van der Waals surface area contributed by atoms with Crippen LogP contribution in [0.3, 0.4) is 0 Å². The predicted octanol–water partition coefficient (Wildman–Crippen LogP) is 4.74. The molecule has 3 rings (SSSR count). The van der Waals surface area contributed by atoms with E-state index in [1.165, 1.54) is 6.21 Å². The number of nitrogens with one attached hydrogen (secondary N) is 1. The summed E-state index contributed by atoms with van der Waals surface area (Å²) in [7, 11) is 0. The SMILES string of the molecule is Cc1ccc(C(=O)NN=Cc2cc(Br)ccc2OC(=O)c2ccccc2)cc1. The number of nitrogens with zero attached hydrogens (tertiary/aromatic N) is 1. The number of esters is 1. The summed E-state index contributed by atoms with van der Waals surface area (Å²) in [6.45, 7) is 1.95. The first-order chi connectivity index (χ1) is 13.5. The predicted molar refractivity (Wildman–Crippen MR) is 112 cm³/mol. The molecule has 0 saturated heterocycles. The standard InChI is InChI=1S/C22H17BrN2O3/c1-15-7-9-16(10-8-15)21(26)25-24-14-18-13-19(23)11-12-20(18)28-22(27)17-5-3-2-4-6-17/h2-14H,1H3,(H,25,26). The van der Waals surface area contributed by atoms with E-state index in [1.54, 1.807) is 54.6 Å². The first kappa shape index (κ1) is 19.5. The van der Waals surface area contributed by atoms with Gasteiger partial charge in [-0.05, 0) is 49.4 Å². The molecule has 140 valence electrons. The highest BCUT2D eigenvalue weighted by molar-refractivity contribution is 9.10. The van der Waals surface area contributed by atoms with E-state index in [1.807, 2.05) is 25.1 Å². The Morgan fingerprint density at radius 2 is 1.68 bits per heavy atom. The van der Waals surface area contributed by atoms with Crippen molar-refractivity contribution in [3.63, 3.8) is 0 Å². The fourth-order valence-electron chi connectivity index (χ4n) is 2.38. The highest BCUT2D eigenvalue weighted by atomic mass is 79.9. The van der Waals surface area contributed by atoms with Crippen molar-refractivity contribution in [2.75, 3.05) is 0 Å². The summed E-state index contributed by atoms with van der Waals surface area (Å²) >= 11 is 3.38. The lowest BCUT2D eigenvalue weighted by atomic mass is 10.1. The molecule has 0 fully saturated rings. The number of carbonyl (C=O) groups excluding carboxylic acids is 2. The lowest BCUT2D eigenvalue weighted by Crippen LogP contribution is -2.17. The molecule has 0 aliphatic carbocycles. The van der Waals surface area contributed by atoms with Crippen molar-refractivity contribution in [1.29, 1.82) is 0 Å². The number of hydrazone groups is 1. The van der Waals surface area contributed by atoms with Crippen LogP contribution in [0, 0.1) is 6.92 Å². The van der Waals surface area contributed by atoms with Gasteiger partial charge in [0.1, 0.15) is 5.75 Å². The molecule has 0 bridgehead atoms. The third kappa shape index (κ3) is 5.14. The lowest BCUT2D eigenvalue weighted by Gasteiger charge is -2.08. The molecular formula is C22H17BrN2O3. The average Bonchev–Trinajstić information content (AvgIpc) is 2.71. The summed E-state index contributed by atoms with van der Waals surface area (Å²) < 4.78 is 6.27. The zero-order valence-corrected chi connectivity index (χ0v) is 16.6. The van der Waals surface area contributed by atoms with Gasteiger partial charge in [-0.3, -0.25) is 4.79 Å². The molecule has 1 amide bonds. The topological polar surface area (TPSA) is 67.8 Å². The van der Waals surface area contributed by atoms with Crippen molar-refractivity contribution in [2.45, 2.75) is 6.92 Å². The van der Waals surface area contributed by atoms with Gasteiger partial charge in [-0.25, -0.2) is 10.2 Å². The van der Waals surface area contributed by atoms with Crippen LogP contribution in [0.5, 0.6) is 5.75 Å². The molecule has 0 saturated carbocycles. The Hall–Kier alpha value is -3.25. The molecule has 6 heteroatoms. The molecular weight excluding hydrogens is 420 g/mol. The van der Waals surface area contributed by atoms with Crippen LogP contribution in [0.1, 0.15) is 31.8 Å². The van der Waals surface area contributed by atoms with Crippen LogP contribution in [0.2, 0.25) is 0 Å². The van der Waals surface area contributed by atoms with Gasteiger partial charge in [-0.2, -0.15) is 5.10 Å². The summed E-state index contributed by atoms with van der Waals surface area (Å²) in [4.78, 5) is 24.4. The summed E-state index contributed by atoms with van der Waals surface area (Å²) in [5.74, 6) is -0.458. The van der Waals surface area contributed by atoms with Gasteiger partial charge in [0.25, 0.3) is 5.91 Å². The van der Waals surface area contributed by atoms with Gasteiger partial charge in [0.05, 0.1) is 11.8 Å². The fourth-order valence-corrected chi connectivity index (χ4v) is 2.75. The first-order valence-electron chi connectivity index (χ1n) is 8.50. The molecule has 28 heavy (non-hydrogen) atoms. The monoisotopic (exact) mass is 436 g/mol. The molecule has 0 unspecified atom stereocenters. The maximum Gasteiger partial charge on any atom is 0.343 e. The van der Waals surface area contributed by atoms with Crippen molar-refractivity contribution in [1.82, 2.24) is 5.43 Å². The van der Waals surface area contributed by atoms with Crippen molar-refractivity contribution in [3.8, 4) is 5.75 Å². The van der Waals surface area contributed by atoms with Crippen LogP contribution in [-0.4, -0.2) is 18.1 Å². The number of amides is 1. The molecule has 5 nitrogen and oxygen atoms in total. The summed E-state index contributed by atoms with van der Waals surface area (Å²) in [6, 6.07) is 21.0. The van der Waals surface area contributed by atoms with Gasteiger partial charge in [-0.1, -0.05) is 51.8 Å². The highest BCUT2D eigenvalue weighted by Crippen LogP contribution is 2.23. The summed E-state index contributed by atoms with van der Waals surface area (Å²) in [5.41, 5.74) is 5.04. The summed E-state index contributed by atoms with van der Waals surface area (Å²) in [6.07, 6.45) is 1.43. The quantitative estimate of drug-likeness (QED) is 0.271. The molecule has 0 aliphatic rings. The minimum Gasteiger partial charge on any atom is -0.422 e. The van der Waals surface area contributed by atoms with Crippen molar-refractivity contribution >= 4 is 34.0 Å². The molecule has 0 heterocycles. The maximum absolute atomic E-state index is 12.3. The highest BCUT2D eigenvalue weighted by Gasteiger charge is 2.11. The second-order valence-corrected chi connectivity index (χ2v) is 6.92. The Labute approximate surface area is 171 Å². The zero-order chi connectivity index (χ0) is 19.9. The van der Waals surface area contributed by atoms with E-state index in [-0.39, 0.29) is 5.91 Å². The molecule has 3 aromatic carbocycles. The Bertz CT molecular complexity index is 1020. The minimum absolute atomic E-state index is 0.325. The van der Waals surface area contributed by atoms with Gasteiger partial charge in [0.15, 0.2) is 0 Å². The normalized spacial score (nSPS) is 10.6. The van der Waals surface area contributed by atoms with Crippen LogP contribution in [0.25, 0.3) is 0 Å². The second kappa shape index (κ2) is 9.10. The number of hydrogen-bond acceptors (Lipinski definition) is 4. The van der Waals surface area contributed by atoms with Crippen molar-refractivity contribution in [2.24, 2.45) is 5.10 Å². The van der Waals surface area contributed by atoms with E-state index >= 15 is 0 Å². The van der Waals surface area contributed by atoms with Gasteiger partial charge >= 0.3 is 5.97 Å². The van der Waals surface area contributed by atoms with Gasteiger partial charge in [0, 0.05) is 15.6 Å². The van der Waals surface area contributed by atoms with Crippen LogP contribution >= 0.6 is 15.9 Å². The zero-order valence-electron chi connectivity index (χ0n) is 15.1. The van der Waals surface area contributed by atoms with Crippen molar-refractivity contribution < 1.29 is 14.3 Å². The van der Waals surface area contributed by atoms with E-state index in [2.05, 4.69) is 26.5 Å². The molecule has 3 aromatic rings. The van der Waals surface area contributed by atoms with E-state index in [9.17, 15) is 9.59 Å². The number of rotatable bonds is 5. The largest absolute Gasteiger partial charge is 0.422 e. The van der Waals surface area contributed by atoms with Crippen molar-refractivity contribution in [3.05, 3.63) is 99.5 Å². The Balaban J connectivity index is 1.73. The molecule has 0 radical (unpaired) electrons. The van der Waals surface area contributed by atoms with Crippen LogP contribution < -0.4 is 10.2 Å². The van der Waals surface area contributed by atoms with E-state index < -0.39 is 5.97 Å². The van der Waals surface area contributed by atoms with E-state index in [4.69, 9.17) is 4.74 Å². The Morgan fingerprint density at radius 3 is 2.39 bits per heavy atom. The first-order valence-corrected chi connectivity index (χ1v) is 9.29. The molecule has 0 atom stereocenters. The van der Waals surface area contributed by atoms with Crippen LogP contribution in [0.4, 0.5) is 0 Å². The maximum atomic E-state index is 12.3. The van der Waals surface area contributed by atoms with Gasteiger partial charge in [-0.15, -0.1) is 0 Å². The third-order valence-corrected chi connectivity index (χ3v) is 4.36. The van der Waals surface area contributed by atoms with E-state index in [0.29, 0.717) is 22.4 Å². The number of hydrogen-bond donors (Lipinski definition) is 1. The number of halogens is 1. The molecule has 0 spiro atoms. The number of aryl methyl sites for hydroxylation is 1. The Kier molecular flexibility index (Phi) is 6.34. The molecule has 0 aromatic heterocycles. The van der Waals surface area contributed by atoms with Crippen LogP contribution in [-0.2, 0) is 0 Å². The Morgan fingerprint density at radius 1 is 0.964 bits per heavy atom.